The van der Waals surface area contributed by atoms with Gasteiger partial charge in [0.05, 0.1) is 5.69 Å². The van der Waals surface area contributed by atoms with Crippen molar-refractivity contribution in [2.45, 2.75) is 32.3 Å². The maximum atomic E-state index is 12.3. The molecule has 1 aromatic heterocycles. The van der Waals surface area contributed by atoms with Gasteiger partial charge in [0.15, 0.2) is 11.8 Å². The predicted molar refractivity (Wildman–Crippen MR) is 79.7 cm³/mol. The third-order valence-corrected chi connectivity index (χ3v) is 3.81. The summed E-state index contributed by atoms with van der Waals surface area (Å²) in [6.45, 7) is 1.45. The minimum absolute atomic E-state index is 0.282. The SMILES string of the molecule is C[C@H](OC(=O)c1nn(-c2ccccc2)c2c1CCC2)C(N)=O. The molecule has 0 bridgehead atoms. The molecule has 6 nitrogen and oxygen atoms in total. The van der Waals surface area contributed by atoms with Crippen LogP contribution in [0.1, 0.15) is 35.1 Å². The molecule has 1 atom stereocenters. The smallest absolute Gasteiger partial charge is 0.359 e. The number of benzene rings is 1. The summed E-state index contributed by atoms with van der Waals surface area (Å²) in [4.78, 5) is 23.3. The molecule has 0 radical (unpaired) electrons. The van der Waals surface area contributed by atoms with E-state index >= 15 is 0 Å². The number of carbonyl (C=O) groups excluding carboxylic acids is 2. The molecule has 2 N–H and O–H groups in total. The lowest BCUT2D eigenvalue weighted by molar-refractivity contribution is -0.125. The van der Waals surface area contributed by atoms with E-state index in [9.17, 15) is 9.59 Å². The largest absolute Gasteiger partial charge is 0.448 e. The van der Waals surface area contributed by atoms with Crippen LogP contribution in [0, 0.1) is 0 Å². The van der Waals surface area contributed by atoms with E-state index in [1.165, 1.54) is 6.92 Å². The minimum atomic E-state index is -0.966. The fraction of sp³-hybridized carbons (Fsp3) is 0.312. The van der Waals surface area contributed by atoms with E-state index in [-0.39, 0.29) is 5.69 Å². The molecule has 0 fully saturated rings. The summed E-state index contributed by atoms with van der Waals surface area (Å²) in [6.07, 6.45) is 1.67. The number of ether oxygens (including phenoxy) is 1. The van der Waals surface area contributed by atoms with Crippen LogP contribution in [0.5, 0.6) is 0 Å². The van der Waals surface area contributed by atoms with Gasteiger partial charge in [0, 0.05) is 11.3 Å². The van der Waals surface area contributed by atoms with Crippen LogP contribution >= 0.6 is 0 Å². The molecule has 1 aliphatic carbocycles. The normalized spacial score (nSPS) is 14.4. The third kappa shape index (κ3) is 2.47. The number of rotatable bonds is 4. The number of nitrogens with zero attached hydrogens (tertiary/aromatic N) is 2. The van der Waals surface area contributed by atoms with Gasteiger partial charge in [-0.25, -0.2) is 9.48 Å². The van der Waals surface area contributed by atoms with Crippen molar-refractivity contribution in [3.63, 3.8) is 0 Å². The Hall–Kier alpha value is -2.63. The van der Waals surface area contributed by atoms with E-state index in [0.717, 1.165) is 36.2 Å². The summed E-state index contributed by atoms with van der Waals surface area (Å²) in [5, 5.41) is 4.40. The number of nitrogens with two attached hydrogens (primary N) is 1. The number of fused-ring (bicyclic) bond motifs is 1. The van der Waals surface area contributed by atoms with Crippen molar-refractivity contribution >= 4 is 11.9 Å². The highest BCUT2D eigenvalue weighted by Crippen LogP contribution is 2.28. The number of para-hydroxylation sites is 1. The highest BCUT2D eigenvalue weighted by atomic mass is 16.5. The van der Waals surface area contributed by atoms with E-state index in [1.807, 2.05) is 30.3 Å². The Kier molecular flexibility index (Phi) is 3.66. The molecule has 22 heavy (non-hydrogen) atoms. The van der Waals surface area contributed by atoms with Crippen LogP contribution < -0.4 is 5.73 Å². The van der Waals surface area contributed by atoms with Gasteiger partial charge in [-0.1, -0.05) is 18.2 Å². The molecule has 6 heteroatoms. The standard InChI is InChI=1S/C16H17N3O3/c1-10(15(17)20)22-16(21)14-12-8-5-9-13(12)19(18-14)11-6-3-2-4-7-11/h2-4,6-7,10H,5,8-9H2,1H3,(H2,17,20)/t10-/m0/s1. The molecule has 114 valence electrons. The Bertz CT molecular complexity index is 722. The molecule has 0 aliphatic heterocycles. The second kappa shape index (κ2) is 5.63. The van der Waals surface area contributed by atoms with Gasteiger partial charge in [0.25, 0.3) is 5.91 Å². The summed E-state index contributed by atoms with van der Waals surface area (Å²) in [7, 11) is 0. The minimum Gasteiger partial charge on any atom is -0.448 e. The van der Waals surface area contributed by atoms with Crippen LogP contribution in [0.15, 0.2) is 30.3 Å². The topological polar surface area (TPSA) is 87.2 Å². The Morgan fingerprint density at radius 2 is 2.00 bits per heavy atom. The zero-order valence-corrected chi connectivity index (χ0v) is 12.3. The lowest BCUT2D eigenvalue weighted by Crippen LogP contribution is -2.30. The third-order valence-electron chi connectivity index (χ3n) is 3.81. The quantitative estimate of drug-likeness (QED) is 0.864. The molecule has 3 rings (SSSR count). The second-order valence-electron chi connectivity index (χ2n) is 5.32. The van der Waals surface area contributed by atoms with Crippen molar-refractivity contribution in [1.82, 2.24) is 9.78 Å². The van der Waals surface area contributed by atoms with Gasteiger partial charge < -0.3 is 10.5 Å². The maximum Gasteiger partial charge on any atom is 0.359 e. The van der Waals surface area contributed by atoms with Gasteiger partial charge >= 0.3 is 5.97 Å². The number of amides is 1. The van der Waals surface area contributed by atoms with E-state index in [2.05, 4.69) is 5.10 Å². The van der Waals surface area contributed by atoms with Crippen molar-refractivity contribution in [2.24, 2.45) is 5.73 Å². The summed E-state index contributed by atoms with van der Waals surface area (Å²) >= 11 is 0. The molecular formula is C16H17N3O3. The molecule has 0 saturated heterocycles. The van der Waals surface area contributed by atoms with Crippen LogP contribution in [0.3, 0.4) is 0 Å². The van der Waals surface area contributed by atoms with E-state index in [4.69, 9.17) is 10.5 Å². The molecule has 1 aromatic carbocycles. The molecule has 0 saturated carbocycles. The monoisotopic (exact) mass is 299 g/mol. The fourth-order valence-electron chi connectivity index (χ4n) is 2.66. The van der Waals surface area contributed by atoms with Crippen molar-refractivity contribution < 1.29 is 14.3 Å². The Morgan fingerprint density at radius 3 is 2.68 bits per heavy atom. The highest BCUT2D eigenvalue weighted by Gasteiger charge is 2.29. The summed E-state index contributed by atoms with van der Waals surface area (Å²) in [5.74, 6) is -1.27. The number of hydrogen-bond acceptors (Lipinski definition) is 4. The van der Waals surface area contributed by atoms with Crippen molar-refractivity contribution in [3.8, 4) is 5.69 Å². The highest BCUT2D eigenvalue weighted by molar-refractivity contribution is 5.92. The van der Waals surface area contributed by atoms with Crippen molar-refractivity contribution in [1.29, 1.82) is 0 Å². The average Bonchev–Trinajstić information content (AvgIpc) is 3.09. The van der Waals surface area contributed by atoms with Gasteiger partial charge in [-0.15, -0.1) is 0 Å². The number of aromatic nitrogens is 2. The number of carbonyl (C=O) groups is 2. The molecule has 2 aromatic rings. The maximum absolute atomic E-state index is 12.3. The van der Waals surface area contributed by atoms with Gasteiger partial charge in [0.2, 0.25) is 0 Å². The van der Waals surface area contributed by atoms with Gasteiger partial charge in [-0.05, 0) is 38.3 Å². The fourth-order valence-corrected chi connectivity index (χ4v) is 2.66. The zero-order chi connectivity index (χ0) is 15.7. The molecule has 1 heterocycles. The molecule has 0 spiro atoms. The second-order valence-corrected chi connectivity index (χ2v) is 5.32. The van der Waals surface area contributed by atoms with Crippen LogP contribution in [0.25, 0.3) is 5.69 Å². The first-order chi connectivity index (χ1) is 10.6. The number of hydrogen-bond donors (Lipinski definition) is 1. The van der Waals surface area contributed by atoms with Crippen LogP contribution in [-0.4, -0.2) is 27.8 Å². The van der Waals surface area contributed by atoms with Crippen molar-refractivity contribution in [3.05, 3.63) is 47.3 Å². The summed E-state index contributed by atoms with van der Waals surface area (Å²) in [6, 6.07) is 9.65. The Labute approximate surface area is 127 Å². The Morgan fingerprint density at radius 1 is 1.27 bits per heavy atom. The molecule has 1 amide bonds. The average molecular weight is 299 g/mol. The van der Waals surface area contributed by atoms with Crippen LogP contribution in [0.2, 0.25) is 0 Å². The van der Waals surface area contributed by atoms with E-state index in [0.29, 0.717) is 0 Å². The first kappa shape index (κ1) is 14.3. The summed E-state index contributed by atoms with van der Waals surface area (Å²) in [5.41, 5.74) is 8.26. The molecular weight excluding hydrogens is 282 g/mol. The zero-order valence-electron chi connectivity index (χ0n) is 12.3. The van der Waals surface area contributed by atoms with Crippen LogP contribution in [0.4, 0.5) is 0 Å². The number of esters is 1. The predicted octanol–water partition coefficient (Wildman–Crippen LogP) is 1.39. The molecule has 1 aliphatic rings. The van der Waals surface area contributed by atoms with E-state index in [1.54, 1.807) is 4.68 Å². The lowest BCUT2D eigenvalue weighted by Gasteiger charge is -2.08. The summed E-state index contributed by atoms with van der Waals surface area (Å²) < 4.78 is 6.87. The van der Waals surface area contributed by atoms with E-state index < -0.39 is 18.0 Å². The van der Waals surface area contributed by atoms with Gasteiger partial charge in [0.1, 0.15) is 0 Å². The first-order valence-electron chi connectivity index (χ1n) is 7.24. The first-order valence-corrected chi connectivity index (χ1v) is 7.24. The van der Waals surface area contributed by atoms with Gasteiger partial charge in [-0.3, -0.25) is 4.79 Å². The van der Waals surface area contributed by atoms with Crippen molar-refractivity contribution in [2.75, 3.05) is 0 Å². The number of primary amides is 1. The molecule has 0 unspecified atom stereocenters. The lowest BCUT2D eigenvalue weighted by atomic mass is 10.2. The van der Waals surface area contributed by atoms with Crippen LogP contribution in [-0.2, 0) is 22.4 Å². The Balaban J connectivity index is 1.97. The van der Waals surface area contributed by atoms with Gasteiger partial charge in [-0.2, -0.15) is 5.10 Å².